The van der Waals surface area contributed by atoms with Crippen molar-refractivity contribution in [1.82, 2.24) is 5.32 Å². The number of nitrogens with one attached hydrogen (secondary N) is 1. The molecule has 1 aromatic carbocycles. The van der Waals surface area contributed by atoms with Gasteiger partial charge in [-0.15, -0.1) is 0 Å². The van der Waals surface area contributed by atoms with Gasteiger partial charge in [0.15, 0.2) is 0 Å². The summed E-state index contributed by atoms with van der Waals surface area (Å²) in [5.41, 5.74) is 1.29. The summed E-state index contributed by atoms with van der Waals surface area (Å²) in [6.45, 7) is 6.74. The molecule has 1 N–H and O–H groups in total. The van der Waals surface area contributed by atoms with Gasteiger partial charge in [0.1, 0.15) is 0 Å². The van der Waals surface area contributed by atoms with Crippen molar-refractivity contribution in [2.24, 2.45) is 0 Å². The molecule has 0 aliphatic rings. The average Bonchev–Trinajstić information content (AvgIpc) is 2.19. The molecule has 1 rings (SSSR count). The Morgan fingerprint density at radius 1 is 1.47 bits per heavy atom. The molecule has 15 heavy (non-hydrogen) atoms. The molecule has 82 valence electrons. The summed E-state index contributed by atoms with van der Waals surface area (Å²) in [7, 11) is 0. The van der Waals surface area contributed by atoms with Crippen LogP contribution in [0.5, 0.6) is 0 Å². The highest BCUT2D eigenvalue weighted by Gasteiger charge is 2.02. The third-order valence-electron chi connectivity index (χ3n) is 2.10. The highest BCUT2D eigenvalue weighted by atomic mass is 79.9. The van der Waals surface area contributed by atoms with Gasteiger partial charge in [-0.05, 0) is 31.0 Å². The molecule has 0 amide bonds. The van der Waals surface area contributed by atoms with Crippen LogP contribution in [-0.4, -0.2) is 12.6 Å². The molecule has 0 saturated heterocycles. The molecule has 0 heterocycles. The summed E-state index contributed by atoms with van der Waals surface area (Å²) in [6, 6.07) is 8.40. The van der Waals surface area contributed by atoms with E-state index >= 15 is 0 Å². The zero-order chi connectivity index (χ0) is 11.3. The second-order valence-electron chi connectivity index (χ2n) is 3.63. The summed E-state index contributed by atoms with van der Waals surface area (Å²) >= 11 is 9.14. The van der Waals surface area contributed by atoms with Gasteiger partial charge in [-0.2, -0.15) is 0 Å². The van der Waals surface area contributed by atoms with E-state index in [2.05, 4.69) is 46.9 Å². The minimum Gasteiger partial charge on any atom is -0.309 e. The van der Waals surface area contributed by atoms with Crippen molar-refractivity contribution in [3.05, 3.63) is 45.9 Å². The van der Waals surface area contributed by atoms with Gasteiger partial charge in [0, 0.05) is 22.1 Å². The lowest BCUT2D eigenvalue weighted by Gasteiger charge is -2.13. The Bertz CT molecular complexity index is 321. The van der Waals surface area contributed by atoms with Crippen LogP contribution in [0.2, 0.25) is 5.02 Å². The lowest BCUT2D eigenvalue weighted by atomic mass is 10.1. The third kappa shape index (κ3) is 5.36. The summed E-state index contributed by atoms with van der Waals surface area (Å²) in [5.74, 6) is 0. The molecule has 0 spiro atoms. The molecule has 0 aliphatic heterocycles. The summed E-state index contributed by atoms with van der Waals surface area (Å²) in [5, 5.41) is 4.15. The molecule has 1 unspecified atom stereocenters. The smallest absolute Gasteiger partial charge is 0.0406 e. The van der Waals surface area contributed by atoms with Gasteiger partial charge in [-0.1, -0.05) is 46.2 Å². The fourth-order valence-electron chi connectivity index (χ4n) is 1.33. The van der Waals surface area contributed by atoms with Gasteiger partial charge in [-0.3, -0.25) is 0 Å². The molecule has 1 atom stereocenters. The van der Waals surface area contributed by atoms with E-state index < -0.39 is 0 Å². The molecule has 3 heteroatoms. The predicted octanol–water partition coefficient (Wildman–Crippen LogP) is 3.77. The second-order valence-corrected chi connectivity index (χ2v) is 5.19. The van der Waals surface area contributed by atoms with Crippen molar-refractivity contribution in [2.45, 2.75) is 19.4 Å². The van der Waals surface area contributed by atoms with Gasteiger partial charge in [0.25, 0.3) is 0 Å². The minimum atomic E-state index is 0.431. The molecule has 0 bridgehead atoms. The number of benzene rings is 1. The summed E-state index contributed by atoms with van der Waals surface area (Å²) in [6.07, 6.45) is 0.997. The molecule has 0 fully saturated rings. The lowest BCUT2D eigenvalue weighted by molar-refractivity contribution is 0.579. The fourth-order valence-corrected chi connectivity index (χ4v) is 1.62. The van der Waals surface area contributed by atoms with E-state index in [1.165, 1.54) is 5.56 Å². The fraction of sp³-hybridized carbons (Fsp3) is 0.333. The van der Waals surface area contributed by atoms with Crippen molar-refractivity contribution in [3.63, 3.8) is 0 Å². The second kappa shape index (κ2) is 6.31. The van der Waals surface area contributed by atoms with Gasteiger partial charge >= 0.3 is 0 Å². The number of hydrogen-bond donors (Lipinski definition) is 1. The Morgan fingerprint density at radius 3 is 2.60 bits per heavy atom. The molecule has 1 aromatic rings. The van der Waals surface area contributed by atoms with Crippen LogP contribution < -0.4 is 5.32 Å². The number of rotatable bonds is 5. The zero-order valence-electron chi connectivity index (χ0n) is 8.76. The largest absolute Gasteiger partial charge is 0.309 e. The van der Waals surface area contributed by atoms with Gasteiger partial charge in [0.2, 0.25) is 0 Å². The molecule has 0 aliphatic carbocycles. The van der Waals surface area contributed by atoms with Crippen molar-refractivity contribution in [2.75, 3.05) is 6.54 Å². The van der Waals surface area contributed by atoms with Crippen LogP contribution in [0.1, 0.15) is 12.5 Å². The topological polar surface area (TPSA) is 12.0 Å². The third-order valence-corrected chi connectivity index (χ3v) is 2.63. The zero-order valence-corrected chi connectivity index (χ0v) is 11.1. The monoisotopic (exact) mass is 287 g/mol. The molecule has 0 aromatic heterocycles. The average molecular weight is 289 g/mol. The van der Waals surface area contributed by atoms with Crippen LogP contribution >= 0.6 is 27.5 Å². The quantitative estimate of drug-likeness (QED) is 0.870. The first-order chi connectivity index (χ1) is 7.08. The van der Waals surface area contributed by atoms with E-state index in [1.807, 2.05) is 12.1 Å². The molecule has 1 nitrogen and oxygen atoms in total. The Morgan fingerprint density at radius 2 is 2.07 bits per heavy atom. The Kier molecular flexibility index (Phi) is 5.37. The first kappa shape index (κ1) is 12.8. The highest BCUT2D eigenvalue weighted by molar-refractivity contribution is 9.11. The Hall–Kier alpha value is -0.310. The summed E-state index contributed by atoms with van der Waals surface area (Å²) < 4.78 is 0.977. The first-order valence-electron chi connectivity index (χ1n) is 4.89. The molecule has 0 saturated carbocycles. The van der Waals surface area contributed by atoms with Crippen LogP contribution in [0.3, 0.4) is 0 Å². The van der Waals surface area contributed by atoms with Crippen molar-refractivity contribution in [3.8, 4) is 0 Å². The van der Waals surface area contributed by atoms with Crippen molar-refractivity contribution < 1.29 is 0 Å². The van der Waals surface area contributed by atoms with Crippen LogP contribution in [0.15, 0.2) is 35.3 Å². The molecular formula is C12H15BrClN. The van der Waals surface area contributed by atoms with E-state index in [0.717, 1.165) is 22.5 Å². The van der Waals surface area contributed by atoms with Crippen LogP contribution in [-0.2, 0) is 6.42 Å². The highest BCUT2D eigenvalue weighted by Crippen LogP contribution is 2.11. The molecular weight excluding hydrogens is 273 g/mol. The van der Waals surface area contributed by atoms with E-state index in [1.54, 1.807) is 0 Å². The Labute approximate surface area is 105 Å². The predicted molar refractivity (Wildman–Crippen MR) is 70.7 cm³/mol. The lowest BCUT2D eigenvalue weighted by Crippen LogP contribution is -2.28. The van der Waals surface area contributed by atoms with Crippen molar-refractivity contribution >= 4 is 27.5 Å². The van der Waals surface area contributed by atoms with Gasteiger partial charge in [0.05, 0.1) is 0 Å². The Balaban J connectivity index is 2.40. The number of hydrogen-bond acceptors (Lipinski definition) is 1. The van der Waals surface area contributed by atoms with E-state index in [4.69, 9.17) is 11.6 Å². The SMILES string of the molecule is C=C(Br)CNC(C)Cc1ccc(Cl)cc1. The summed E-state index contributed by atoms with van der Waals surface area (Å²) in [4.78, 5) is 0. The van der Waals surface area contributed by atoms with E-state index in [9.17, 15) is 0 Å². The van der Waals surface area contributed by atoms with E-state index in [-0.39, 0.29) is 0 Å². The van der Waals surface area contributed by atoms with Crippen LogP contribution in [0.4, 0.5) is 0 Å². The van der Waals surface area contributed by atoms with Gasteiger partial charge < -0.3 is 5.32 Å². The maximum absolute atomic E-state index is 5.82. The maximum Gasteiger partial charge on any atom is 0.0406 e. The standard InChI is InChI=1S/C12H15BrClN/c1-9(13)8-15-10(2)7-11-3-5-12(14)6-4-11/h3-6,10,15H,1,7-8H2,2H3. The molecule has 0 radical (unpaired) electrons. The number of halogens is 2. The minimum absolute atomic E-state index is 0.431. The normalized spacial score (nSPS) is 12.5. The van der Waals surface area contributed by atoms with Crippen LogP contribution in [0, 0.1) is 0 Å². The van der Waals surface area contributed by atoms with Crippen molar-refractivity contribution in [1.29, 1.82) is 0 Å². The maximum atomic E-state index is 5.82. The van der Waals surface area contributed by atoms with Crippen LogP contribution in [0.25, 0.3) is 0 Å². The van der Waals surface area contributed by atoms with E-state index in [0.29, 0.717) is 6.04 Å². The first-order valence-corrected chi connectivity index (χ1v) is 6.06. The van der Waals surface area contributed by atoms with Gasteiger partial charge in [-0.25, -0.2) is 0 Å².